The highest BCUT2D eigenvalue weighted by atomic mass is 16.5. The van der Waals surface area contributed by atoms with E-state index in [1.165, 1.54) is 77.0 Å². The molecular formula is C40H70O4. The number of carbonyl (C=O) groups excluding carboxylic acids is 1. The van der Waals surface area contributed by atoms with Gasteiger partial charge in [-0.2, -0.15) is 0 Å². The number of hydrogen-bond donors (Lipinski definition) is 1. The molecule has 0 aliphatic carbocycles. The molecule has 0 aliphatic heterocycles. The fraction of sp³-hybridized carbons (Fsp3) is 0.750. The first-order chi connectivity index (χ1) is 21.6. The molecule has 0 fully saturated rings. The molecule has 0 saturated carbocycles. The van der Waals surface area contributed by atoms with Gasteiger partial charge in [-0.15, -0.1) is 0 Å². The Hall–Kier alpha value is -2.10. The molecule has 0 spiro atoms. The Labute approximate surface area is 272 Å². The lowest BCUT2D eigenvalue weighted by Crippen LogP contribution is -2.16. The van der Waals surface area contributed by atoms with Gasteiger partial charge in [0.05, 0.1) is 0 Å². The summed E-state index contributed by atoms with van der Waals surface area (Å²) in [5.74, 6) is -0.751. The van der Waals surface area contributed by atoms with Gasteiger partial charge in [-0.3, -0.25) is 9.59 Å². The van der Waals surface area contributed by atoms with Crippen molar-refractivity contribution >= 4 is 11.9 Å². The Bertz CT molecular complexity index is 748. The largest absolute Gasteiger partial charge is 0.481 e. The van der Waals surface area contributed by atoms with Crippen LogP contribution in [0.3, 0.4) is 0 Å². The molecule has 0 heterocycles. The zero-order valence-corrected chi connectivity index (χ0v) is 29.0. The summed E-state index contributed by atoms with van der Waals surface area (Å²) in [6.07, 6.45) is 47.1. The molecule has 0 bridgehead atoms. The van der Waals surface area contributed by atoms with Gasteiger partial charge in [-0.1, -0.05) is 146 Å². The summed E-state index contributed by atoms with van der Waals surface area (Å²) in [5, 5.41) is 8.76. The van der Waals surface area contributed by atoms with Crippen molar-refractivity contribution in [1.82, 2.24) is 0 Å². The van der Waals surface area contributed by atoms with E-state index in [1.807, 2.05) is 0 Å². The van der Waals surface area contributed by atoms with Gasteiger partial charge in [0.25, 0.3) is 0 Å². The lowest BCUT2D eigenvalue weighted by Gasteiger charge is -2.15. The molecule has 4 nitrogen and oxygen atoms in total. The summed E-state index contributed by atoms with van der Waals surface area (Å²) >= 11 is 0. The molecule has 1 N–H and O–H groups in total. The molecule has 0 aromatic carbocycles. The molecule has 0 saturated heterocycles. The molecule has 44 heavy (non-hydrogen) atoms. The average Bonchev–Trinajstić information content (AvgIpc) is 3.01. The average molecular weight is 615 g/mol. The fourth-order valence-corrected chi connectivity index (χ4v) is 5.28. The van der Waals surface area contributed by atoms with E-state index in [-0.39, 0.29) is 18.5 Å². The Morgan fingerprint density at radius 1 is 0.545 bits per heavy atom. The number of carboxylic acids is 1. The van der Waals surface area contributed by atoms with Crippen molar-refractivity contribution in [3.05, 3.63) is 48.6 Å². The smallest absolute Gasteiger partial charge is 0.306 e. The van der Waals surface area contributed by atoms with Gasteiger partial charge in [0.15, 0.2) is 0 Å². The maximum Gasteiger partial charge on any atom is 0.306 e. The number of rotatable bonds is 33. The second-order valence-corrected chi connectivity index (χ2v) is 12.4. The van der Waals surface area contributed by atoms with E-state index in [1.54, 1.807) is 0 Å². The molecule has 0 aromatic rings. The number of carbonyl (C=O) groups is 2. The maximum atomic E-state index is 12.6. The van der Waals surface area contributed by atoms with Crippen LogP contribution in [-0.4, -0.2) is 23.1 Å². The van der Waals surface area contributed by atoms with Gasteiger partial charge in [-0.05, 0) is 76.7 Å². The Morgan fingerprint density at radius 2 is 1.02 bits per heavy atom. The predicted molar refractivity (Wildman–Crippen MR) is 190 cm³/mol. The van der Waals surface area contributed by atoms with Crippen LogP contribution in [0.2, 0.25) is 0 Å². The third-order valence-electron chi connectivity index (χ3n) is 8.02. The van der Waals surface area contributed by atoms with Crippen LogP contribution in [0.5, 0.6) is 0 Å². The van der Waals surface area contributed by atoms with Crippen LogP contribution in [0.15, 0.2) is 48.6 Å². The van der Waals surface area contributed by atoms with Gasteiger partial charge in [0.1, 0.15) is 6.10 Å². The van der Waals surface area contributed by atoms with Gasteiger partial charge < -0.3 is 9.84 Å². The first-order valence-electron chi connectivity index (χ1n) is 18.6. The summed E-state index contributed by atoms with van der Waals surface area (Å²) < 4.78 is 5.91. The molecule has 0 rings (SSSR count). The third kappa shape index (κ3) is 34.4. The first-order valence-corrected chi connectivity index (χ1v) is 18.6. The van der Waals surface area contributed by atoms with Crippen LogP contribution >= 0.6 is 0 Å². The van der Waals surface area contributed by atoms with E-state index in [0.717, 1.165) is 83.5 Å². The third-order valence-corrected chi connectivity index (χ3v) is 8.02. The molecule has 0 aromatic heterocycles. The summed E-state index contributed by atoms with van der Waals surface area (Å²) in [4.78, 5) is 23.2. The van der Waals surface area contributed by atoms with E-state index >= 15 is 0 Å². The fourth-order valence-electron chi connectivity index (χ4n) is 5.28. The zero-order valence-electron chi connectivity index (χ0n) is 29.0. The maximum absolute atomic E-state index is 12.6. The summed E-state index contributed by atoms with van der Waals surface area (Å²) in [6.45, 7) is 4.41. The second-order valence-electron chi connectivity index (χ2n) is 12.4. The lowest BCUT2D eigenvalue weighted by molar-refractivity contribution is -0.147. The summed E-state index contributed by atoms with van der Waals surface area (Å²) in [5.41, 5.74) is 0. The minimum atomic E-state index is -0.702. The number of allylic oxidation sites excluding steroid dienone is 7. The van der Waals surface area contributed by atoms with E-state index in [4.69, 9.17) is 9.84 Å². The molecule has 4 heteroatoms. The van der Waals surface area contributed by atoms with Gasteiger partial charge >= 0.3 is 11.9 Å². The molecule has 1 atom stereocenters. The molecule has 0 radical (unpaired) electrons. The Kier molecular flexibility index (Phi) is 33.7. The SMILES string of the molecule is CC/C=C\C/C=C\C/C=C\CCCCCCCCCC(=O)OC(/C=C\CCCCCCCC)CCCCCCCCC(=O)O. The van der Waals surface area contributed by atoms with E-state index < -0.39 is 5.97 Å². The van der Waals surface area contributed by atoms with E-state index in [9.17, 15) is 9.59 Å². The summed E-state index contributed by atoms with van der Waals surface area (Å²) in [7, 11) is 0. The molecule has 0 aliphatic rings. The number of esters is 1. The second kappa shape index (κ2) is 35.4. The Morgan fingerprint density at radius 3 is 1.61 bits per heavy atom. The zero-order chi connectivity index (χ0) is 32.2. The van der Waals surface area contributed by atoms with Crippen molar-refractivity contribution in [1.29, 1.82) is 0 Å². The van der Waals surface area contributed by atoms with Crippen molar-refractivity contribution in [3.63, 3.8) is 0 Å². The topological polar surface area (TPSA) is 63.6 Å². The normalized spacial score (nSPS) is 12.8. The highest BCUT2D eigenvalue weighted by molar-refractivity contribution is 5.69. The monoisotopic (exact) mass is 615 g/mol. The number of ether oxygens (including phenoxy) is 1. The van der Waals surface area contributed by atoms with Crippen LogP contribution in [0.1, 0.15) is 187 Å². The van der Waals surface area contributed by atoms with Crippen molar-refractivity contribution in [2.75, 3.05) is 0 Å². The van der Waals surface area contributed by atoms with Crippen molar-refractivity contribution < 1.29 is 19.4 Å². The van der Waals surface area contributed by atoms with Crippen LogP contribution in [0.25, 0.3) is 0 Å². The molecule has 254 valence electrons. The van der Waals surface area contributed by atoms with E-state index in [0.29, 0.717) is 6.42 Å². The molecular weight excluding hydrogens is 544 g/mol. The van der Waals surface area contributed by atoms with Gasteiger partial charge in [0.2, 0.25) is 0 Å². The number of hydrogen-bond acceptors (Lipinski definition) is 3. The standard InChI is InChI=1S/C40H70O4/c1-3-5-7-9-11-13-14-15-16-17-18-19-20-21-23-29-33-37-40(43)44-38(34-30-26-22-12-10-8-6-4-2)35-31-27-24-25-28-32-36-39(41)42/h5,7,11,13,15-16,30,34,38H,3-4,6,8-10,12,14,17-29,31-33,35-37H2,1-2H3,(H,41,42)/b7-5-,13-11-,16-15-,34-30-. The summed E-state index contributed by atoms with van der Waals surface area (Å²) in [6, 6.07) is 0. The number of carboxylic acid groups (broad SMARTS) is 1. The van der Waals surface area contributed by atoms with Crippen LogP contribution in [0.4, 0.5) is 0 Å². The van der Waals surface area contributed by atoms with Crippen molar-refractivity contribution in [3.8, 4) is 0 Å². The Balaban J connectivity index is 4.05. The van der Waals surface area contributed by atoms with Crippen LogP contribution < -0.4 is 0 Å². The van der Waals surface area contributed by atoms with Gasteiger partial charge in [-0.25, -0.2) is 0 Å². The highest BCUT2D eigenvalue weighted by Gasteiger charge is 2.11. The lowest BCUT2D eigenvalue weighted by atomic mass is 10.0. The minimum absolute atomic E-state index is 0.0491. The van der Waals surface area contributed by atoms with E-state index in [2.05, 4.69) is 62.5 Å². The predicted octanol–water partition coefficient (Wildman–Crippen LogP) is 12.8. The van der Waals surface area contributed by atoms with Crippen LogP contribution in [0, 0.1) is 0 Å². The van der Waals surface area contributed by atoms with Crippen molar-refractivity contribution in [2.45, 2.75) is 193 Å². The molecule has 0 amide bonds. The number of aliphatic carboxylic acids is 1. The first kappa shape index (κ1) is 41.9. The highest BCUT2D eigenvalue weighted by Crippen LogP contribution is 2.16. The van der Waals surface area contributed by atoms with Gasteiger partial charge in [0, 0.05) is 12.8 Å². The molecule has 1 unspecified atom stereocenters. The van der Waals surface area contributed by atoms with Crippen molar-refractivity contribution in [2.24, 2.45) is 0 Å². The van der Waals surface area contributed by atoms with Crippen LogP contribution in [-0.2, 0) is 14.3 Å². The quantitative estimate of drug-likeness (QED) is 0.0454. The number of unbranched alkanes of at least 4 members (excludes halogenated alkanes) is 18. The minimum Gasteiger partial charge on any atom is -0.481 e.